The fraction of sp³-hybridized carbons (Fsp3) is 0.500. The molecular formula is C10H14BrNO2S. The molecule has 1 aromatic heterocycles. The van der Waals surface area contributed by atoms with Crippen molar-refractivity contribution < 1.29 is 9.53 Å². The predicted octanol–water partition coefficient (Wildman–Crippen LogP) is 3.32. The molecule has 0 bridgehead atoms. The summed E-state index contributed by atoms with van der Waals surface area (Å²) < 4.78 is 6.11. The Hall–Kier alpha value is -0.550. The molecule has 84 valence electrons. The van der Waals surface area contributed by atoms with Crippen LogP contribution in [0.25, 0.3) is 0 Å². The van der Waals surface area contributed by atoms with Gasteiger partial charge in [0.05, 0.1) is 3.79 Å². The number of amides is 1. The van der Waals surface area contributed by atoms with Crippen LogP contribution in [-0.2, 0) is 11.2 Å². The van der Waals surface area contributed by atoms with E-state index in [0.717, 1.165) is 16.6 Å². The van der Waals surface area contributed by atoms with Crippen LogP contribution in [0.3, 0.4) is 0 Å². The van der Waals surface area contributed by atoms with E-state index in [-0.39, 0.29) is 0 Å². The molecule has 1 heterocycles. The summed E-state index contributed by atoms with van der Waals surface area (Å²) in [5.41, 5.74) is 4.49. The molecule has 0 unspecified atom stereocenters. The van der Waals surface area contributed by atoms with E-state index in [1.165, 1.54) is 4.88 Å². The molecular weight excluding hydrogens is 278 g/mol. The topological polar surface area (TPSA) is 52.3 Å². The number of nitrogens with two attached hydrogens (primary N) is 1. The predicted molar refractivity (Wildman–Crippen MR) is 65.1 cm³/mol. The first kappa shape index (κ1) is 12.5. The van der Waals surface area contributed by atoms with Gasteiger partial charge in [0.2, 0.25) is 0 Å². The lowest BCUT2D eigenvalue weighted by Crippen LogP contribution is -2.31. The SMILES string of the molecule is CC(C)(CCc1ccc(Br)s1)OC(N)=O. The van der Waals surface area contributed by atoms with Gasteiger partial charge in [0.25, 0.3) is 0 Å². The van der Waals surface area contributed by atoms with Crippen molar-refractivity contribution in [2.75, 3.05) is 0 Å². The van der Waals surface area contributed by atoms with Crippen LogP contribution < -0.4 is 5.73 Å². The molecule has 0 aliphatic heterocycles. The highest BCUT2D eigenvalue weighted by molar-refractivity contribution is 9.11. The number of rotatable bonds is 4. The summed E-state index contributed by atoms with van der Waals surface area (Å²) in [6.45, 7) is 3.72. The van der Waals surface area contributed by atoms with E-state index < -0.39 is 11.7 Å². The van der Waals surface area contributed by atoms with Crippen molar-refractivity contribution in [3.8, 4) is 0 Å². The maximum absolute atomic E-state index is 10.6. The van der Waals surface area contributed by atoms with E-state index in [1.807, 2.05) is 19.9 Å². The number of halogens is 1. The normalized spacial score (nSPS) is 11.4. The highest BCUT2D eigenvalue weighted by atomic mass is 79.9. The second-order valence-corrected chi connectivity index (χ2v) is 6.43. The second kappa shape index (κ2) is 4.99. The van der Waals surface area contributed by atoms with E-state index in [1.54, 1.807) is 11.3 Å². The largest absolute Gasteiger partial charge is 0.444 e. The van der Waals surface area contributed by atoms with Crippen LogP contribution in [0.4, 0.5) is 4.79 Å². The van der Waals surface area contributed by atoms with Crippen molar-refractivity contribution in [2.24, 2.45) is 5.73 Å². The molecule has 0 saturated carbocycles. The Labute approximate surface area is 102 Å². The maximum Gasteiger partial charge on any atom is 0.405 e. The quantitative estimate of drug-likeness (QED) is 0.925. The second-order valence-electron chi connectivity index (χ2n) is 3.89. The third-order valence-electron chi connectivity index (χ3n) is 1.98. The minimum Gasteiger partial charge on any atom is -0.444 e. The average Bonchev–Trinajstić information content (AvgIpc) is 2.46. The number of ether oxygens (including phenoxy) is 1. The molecule has 0 saturated heterocycles. The molecule has 0 spiro atoms. The minimum absolute atomic E-state index is 0.498. The van der Waals surface area contributed by atoms with Crippen molar-refractivity contribution in [1.82, 2.24) is 0 Å². The summed E-state index contributed by atoms with van der Waals surface area (Å²) >= 11 is 5.10. The highest BCUT2D eigenvalue weighted by Crippen LogP contribution is 2.25. The van der Waals surface area contributed by atoms with Gasteiger partial charge in [-0.15, -0.1) is 11.3 Å². The number of aryl methyl sites for hydroxylation is 1. The number of primary amides is 1. The van der Waals surface area contributed by atoms with Gasteiger partial charge in [-0.3, -0.25) is 0 Å². The third-order valence-corrected chi connectivity index (χ3v) is 3.66. The van der Waals surface area contributed by atoms with E-state index in [9.17, 15) is 4.79 Å². The lowest BCUT2D eigenvalue weighted by atomic mass is 10.0. The van der Waals surface area contributed by atoms with Gasteiger partial charge >= 0.3 is 6.09 Å². The third kappa shape index (κ3) is 4.66. The molecule has 0 aromatic carbocycles. The Bertz CT molecular complexity index is 349. The number of carbonyl (C=O) groups excluding carboxylic acids is 1. The van der Waals surface area contributed by atoms with E-state index >= 15 is 0 Å². The first-order valence-electron chi connectivity index (χ1n) is 4.62. The smallest absolute Gasteiger partial charge is 0.405 e. The molecule has 15 heavy (non-hydrogen) atoms. The molecule has 1 aromatic rings. The van der Waals surface area contributed by atoms with Gasteiger partial charge in [-0.1, -0.05) is 0 Å². The lowest BCUT2D eigenvalue weighted by molar-refractivity contribution is 0.0396. The summed E-state index contributed by atoms with van der Waals surface area (Å²) in [5.74, 6) is 0. The first-order valence-corrected chi connectivity index (χ1v) is 6.23. The monoisotopic (exact) mass is 291 g/mol. The number of carbonyl (C=O) groups is 1. The van der Waals surface area contributed by atoms with Crippen LogP contribution in [-0.4, -0.2) is 11.7 Å². The van der Waals surface area contributed by atoms with Gasteiger partial charge < -0.3 is 10.5 Å². The molecule has 0 aliphatic rings. The number of hydrogen-bond donors (Lipinski definition) is 1. The Morgan fingerprint density at radius 2 is 2.27 bits per heavy atom. The molecule has 0 fully saturated rings. The van der Waals surface area contributed by atoms with Crippen LogP contribution in [0.15, 0.2) is 15.9 Å². The van der Waals surface area contributed by atoms with Crippen molar-refractivity contribution in [3.63, 3.8) is 0 Å². The summed E-state index contributed by atoms with van der Waals surface area (Å²) in [6.07, 6.45) is 0.937. The van der Waals surface area contributed by atoms with Gasteiger partial charge in [0.15, 0.2) is 0 Å². The molecule has 5 heteroatoms. The molecule has 2 N–H and O–H groups in total. The summed E-state index contributed by atoms with van der Waals surface area (Å²) in [4.78, 5) is 11.9. The van der Waals surface area contributed by atoms with Crippen LogP contribution >= 0.6 is 27.3 Å². The standard InChI is InChI=1S/C10H14BrNO2S/c1-10(2,14-9(12)13)6-5-7-3-4-8(11)15-7/h3-4H,5-6H2,1-2H3,(H2,12,13). The van der Waals surface area contributed by atoms with Gasteiger partial charge in [0.1, 0.15) is 5.60 Å². The highest BCUT2D eigenvalue weighted by Gasteiger charge is 2.21. The van der Waals surface area contributed by atoms with Gasteiger partial charge in [0, 0.05) is 4.88 Å². The molecule has 0 aliphatic carbocycles. The van der Waals surface area contributed by atoms with E-state index in [4.69, 9.17) is 10.5 Å². The Morgan fingerprint density at radius 3 is 2.73 bits per heavy atom. The van der Waals surface area contributed by atoms with Gasteiger partial charge in [-0.25, -0.2) is 4.79 Å². The maximum atomic E-state index is 10.6. The van der Waals surface area contributed by atoms with Crippen molar-refractivity contribution in [3.05, 3.63) is 20.8 Å². The van der Waals surface area contributed by atoms with Crippen molar-refractivity contribution in [2.45, 2.75) is 32.3 Å². The zero-order valence-electron chi connectivity index (χ0n) is 8.75. The van der Waals surface area contributed by atoms with Crippen molar-refractivity contribution >= 4 is 33.4 Å². The fourth-order valence-corrected chi connectivity index (χ4v) is 2.72. The number of thiophene rings is 1. The van der Waals surface area contributed by atoms with Gasteiger partial charge in [-0.2, -0.15) is 0 Å². The molecule has 1 rings (SSSR count). The Kier molecular flexibility index (Phi) is 4.16. The van der Waals surface area contributed by atoms with Crippen LogP contribution in [0.1, 0.15) is 25.1 Å². The molecule has 0 radical (unpaired) electrons. The fourth-order valence-electron chi connectivity index (χ4n) is 1.23. The Balaban J connectivity index is 2.45. The van der Waals surface area contributed by atoms with E-state index in [0.29, 0.717) is 0 Å². The molecule has 1 amide bonds. The molecule has 3 nitrogen and oxygen atoms in total. The first-order chi connectivity index (χ1) is 6.89. The summed E-state index contributed by atoms with van der Waals surface area (Å²) in [5, 5.41) is 0. The van der Waals surface area contributed by atoms with Gasteiger partial charge in [-0.05, 0) is 54.8 Å². The van der Waals surface area contributed by atoms with E-state index in [2.05, 4.69) is 22.0 Å². The lowest BCUT2D eigenvalue weighted by Gasteiger charge is -2.23. The zero-order chi connectivity index (χ0) is 11.5. The minimum atomic E-state index is -0.715. The van der Waals surface area contributed by atoms with Crippen molar-refractivity contribution in [1.29, 1.82) is 0 Å². The zero-order valence-corrected chi connectivity index (χ0v) is 11.2. The average molecular weight is 292 g/mol. The summed E-state index contributed by atoms with van der Waals surface area (Å²) in [7, 11) is 0. The van der Waals surface area contributed by atoms with Crippen LogP contribution in [0.5, 0.6) is 0 Å². The summed E-state index contributed by atoms with van der Waals surface area (Å²) in [6, 6.07) is 4.08. The van der Waals surface area contributed by atoms with Crippen LogP contribution in [0.2, 0.25) is 0 Å². The Morgan fingerprint density at radius 1 is 1.60 bits per heavy atom. The van der Waals surface area contributed by atoms with Crippen LogP contribution in [0, 0.1) is 0 Å². The molecule has 0 atom stereocenters. The number of hydrogen-bond acceptors (Lipinski definition) is 3.